The molecule has 5 N–H and O–H groups in total. The van der Waals surface area contributed by atoms with Crippen LogP contribution >= 0.6 is 12.6 Å². The molecular weight excluding hydrogens is 236 g/mol. The van der Waals surface area contributed by atoms with Crippen molar-refractivity contribution in [3.8, 4) is 0 Å². The number of thiol groups is 1. The van der Waals surface area contributed by atoms with E-state index in [-0.39, 0.29) is 5.75 Å². The van der Waals surface area contributed by atoms with Crippen LogP contribution in [0, 0.1) is 5.92 Å². The minimum absolute atomic E-state index is 0.0746. The van der Waals surface area contributed by atoms with E-state index in [1.165, 1.54) is 0 Å². The summed E-state index contributed by atoms with van der Waals surface area (Å²) in [5, 5.41) is 19.6. The van der Waals surface area contributed by atoms with Gasteiger partial charge in [0.1, 0.15) is 6.04 Å². The molecule has 16 heavy (non-hydrogen) atoms. The van der Waals surface area contributed by atoms with Gasteiger partial charge in [0.05, 0.1) is 18.9 Å². The quantitative estimate of drug-likeness (QED) is 0.333. The topological polar surface area (TPSA) is 130 Å². The Morgan fingerprint density at radius 1 is 1.38 bits per heavy atom. The molecule has 0 rings (SSSR count). The fourth-order valence-electron chi connectivity index (χ4n) is 0.914. The molecule has 2 amide bonds. The number of hydrogen-bond acceptors (Lipinski definition) is 5. The number of carboxylic acids is 1. The van der Waals surface area contributed by atoms with Crippen LogP contribution < -0.4 is 11.1 Å². The lowest BCUT2D eigenvalue weighted by atomic mass is 10.1. The minimum atomic E-state index is -1.38. The van der Waals surface area contributed by atoms with Gasteiger partial charge >= 0.3 is 5.97 Å². The third-order valence-electron chi connectivity index (χ3n) is 1.83. The third kappa shape index (κ3) is 4.99. The summed E-state index contributed by atoms with van der Waals surface area (Å²) in [7, 11) is 0. The van der Waals surface area contributed by atoms with Gasteiger partial charge in [-0.3, -0.25) is 9.59 Å². The fourth-order valence-corrected chi connectivity index (χ4v) is 1.20. The molecule has 0 saturated carbocycles. The second-order valence-electron chi connectivity index (χ2n) is 3.13. The van der Waals surface area contributed by atoms with Crippen LogP contribution in [0.25, 0.3) is 0 Å². The average Bonchev–Trinajstić information content (AvgIpc) is 2.17. The number of aliphatic hydroxyl groups excluding tert-OH is 1. The first-order valence-electron chi connectivity index (χ1n) is 4.45. The van der Waals surface area contributed by atoms with Crippen LogP contribution in [0.15, 0.2) is 0 Å². The van der Waals surface area contributed by atoms with Crippen LogP contribution in [0.4, 0.5) is 0 Å². The van der Waals surface area contributed by atoms with Crippen molar-refractivity contribution in [2.75, 3.05) is 12.4 Å². The maximum Gasteiger partial charge on any atom is 0.326 e. The largest absolute Gasteiger partial charge is 0.480 e. The summed E-state index contributed by atoms with van der Waals surface area (Å²) in [5.41, 5.74) is 4.83. The summed E-state index contributed by atoms with van der Waals surface area (Å²) in [5.74, 6) is -3.60. The Bertz CT molecular complexity index is 280. The Labute approximate surface area is 97.4 Å². The zero-order valence-corrected chi connectivity index (χ0v) is 9.31. The number of primary amides is 1. The van der Waals surface area contributed by atoms with Crippen LogP contribution in [0.3, 0.4) is 0 Å². The molecule has 0 aliphatic carbocycles. The summed E-state index contributed by atoms with van der Waals surface area (Å²) in [4.78, 5) is 32.6. The molecule has 92 valence electrons. The minimum Gasteiger partial charge on any atom is -0.480 e. The van der Waals surface area contributed by atoms with E-state index in [0.29, 0.717) is 0 Å². The van der Waals surface area contributed by atoms with Gasteiger partial charge in [-0.1, -0.05) is 0 Å². The van der Waals surface area contributed by atoms with E-state index in [9.17, 15) is 14.4 Å². The molecule has 0 bridgehead atoms. The molecular formula is C8H14N2O5S. The number of hydrogen-bond donors (Lipinski definition) is 5. The molecule has 0 spiro atoms. The van der Waals surface area contributed by atoms with Crippen molar-refractivity contribution in [3.05, 3.63) is 0 Å². The summed E-state index contributed by atoms with van der Waals surface area (Å²) in [6.07, 6.45) is -0.494. The van der Waals surface area contributed by atoms with E-state index < -0.39 is 42.8 Å². The number of amides is 2. The number of rotatable bonds is 7. The average molecular weight is 250 g/mol. The van der Waals surface area contributed by atoms with E-state index in [4.69, 9.17) is 15.9 Å². The van der Waals surface area contributed by atoms with Gasteiger partial charge in [0, 0.05) is 5.75 Å². The smallest absolute Gasteiger partial charge is 0.326 e. The van der Waals surface area contributed by atoms with E-state index in [1.54, 1.807) is 0 Å². The first kappa shape index (κ1) is 14.7. The van der Waals surface area contributed by atoms with Crippen LogP contribution in [-0.2, 0) is 14.4 Å². The number of nitrogens with two attached hydrogens (primary N) is 1. The SMILES string of the molecule is NC(=O)C[C@H](NC(=O)C(CO)CS)C(=O)O. The monoisotopic (exact) mass is 250 g/mol. The van der Waals surface area contributed by atoms with Crippen molar-refractivity contribution in [2.45, 2.75) is 12.5 Å². The highest BCUT2D eigenvalue weighted by Gasteiger charge is 2.25. The van der Waals surface area contributed by atoms with E-state index in [2.05, 4.69) is 17.9 Å². The van der Waals surface area contributed by atoms with Crippen molar-refractivity contribution in [2.24, 2.45) is 11.7 Å². The molecule has 0 aromatic heterocycles. The molecule has 2 atom stereocenters. The molecule has 0 radical (unpaired) electrons. The van der Waals surface area contributed by atoms with Gasteiger partial charge in [-0.2, -0.15) is 12.6 Å². The first-order valence-corrected chi connectivity index (χ1v) is 5.08. The summed E-state index contributed by atoms with van der Waals surface area (Å²) >= 11 is 3.82. The van der Waals surface area contributed by atoms with Crippen LogP contribution in [-0.4, -0.2) is 46.4 Å². The predicted octanol–water partition coefficient (Wildman–Crippen LogP) is -2.03. The molecule has 7 nitrogen and oxygen atoms in total. The van der Waals surface area contributed by atoms with Crippen molar-refractivity contribution in [1.82, 2.24) is 5.32 Å². The van der Waals surface area contributed by atoms with Gasteiger partial charge in [0.15, 0.2) is 0 Å². The van der Waals surface area contributed by atoms with Crippen LogP contribution in [0.2, 0.25) is 0 Å². The van der Waals surface area contributed by atoms with E-state index >= 15 is 0 Å². The highest BCUT2D eigenvalue weighted by Crippen LogP contribution is 2.00. The molecule has 8 heteroatoms. The van der Waals surface area contributed by atoms with Crippen LogP contribution in [0.5, 0.6) is 0 Å². The molecule has 0 saturated heterocycles. The van der Waals surface area contributed by atoms with Crippen molar-refractivity contribution in [1.29, 1.82) is 0 Å². The van der Waals surface area contributed by atoms with Crippen molar-refractivity contribution in [3.63, 3.8) is 0 Å². The lowest BCUT2D eigenvalue weighted by Crippen LogP contribution is -2.46. The number of carbonyl (C=O) groups excluding carboxylic acids is 2. The van der Waals surface area contributed by atoms with E-state index in [1.807, 2.05) is 0 Å². The maximum atomic E-state index is 11.4. The van der Waals surface area contributed by atoms with Gasteiger partial charge in [-0.15, -0.1) is 0 Å². The molecule has 0 aromatic carbocycles. The Hall–Kier alpha value is -1.28. The van der Waals surface area contributed by atoms with Gasteiger partial charge in [0.2, 0.25) is 11.8 Å². The molecule has 0 aromatic rings. The highest BCUT2D eigenvalue weighted by atomic mass is 32.1. The Morgan fingerprint density at radius 2 is 1.94 bits per heavy atom. The van der Waals surface area contributed by atoms with Crippen LogP contribution in [0.1, 0.15) is 6.42 Å². The number of aliphatic hydroxyl groups is 1. The maximum absolute atomic E-state index is 11.4. The van der Waals surface area contributed by atoms with Crippen molar-refractivity contribution < 1.29 is 24.6 Å². The highest BCUT2D eigenvalue weighted by molar-refractivity contribution is 7.80. The van der Waals surface area contributed by atoms with Gasteiger partial charge in [-0.25, -0.2) is 4.79 Å². The predicted molar refractivity (Wildman–Crippen MR) is 57.8 cm³/mol. The normalized spacial score (nSPS) is 13.9. The lowest BCUT2D eigenvalue weighted by Gasteiger charge is -2.16. The zero-order chi connectivity index (χ0) is 12.7. The van der Waals surface area contributed by atoms with E-state index in [0.717, 1.165) is 0 Å². The third-order valence-corrected chi connectivity index (χ3v) is 2.27. The second kappa shape index (κ2) is 7.07. The zero-order valence-electron chi connectivity index (χ0n) is 8.42. The number of nitrogens with one attached hydrogen (secondary N) is 1. The fraction of sp³-hybridized carbons (Fsp3) is 0.625. The Morgan fingerprint density at radius 3 is 2.25 bits per heavy atom. The molecule has 0 aliphatic rings. The Balaban J connectivity index is 4.44. The number of aliphatic carboxylic acids is 1. The molecule has 0 aliphatic heterocycles. The van der Waals surface area contributed by atoms with Gasteiger partial charge in [-0.05, 0) is 0 Å². The number of carboxylic acid groups (broad SMARTS) is 1. The summed E-state index contributed by atoms with van der Waals surface area (Å²) in [6.45, 7) is -0.446. The molecule has 0 fully saturated rings. The summed E-state index contributed by atoms with van der Waals surface area (Å²) < 4.78 is 0. The standard InChI is InChI=1S/C8H14N2O5S/c9-6(12)1-5(8(14)15)10-7(13)4(2-11)3-16/h4-5,11,16H,1-3H2,(H2,9,12)(H,10,13)(H,14,15)/t4?,5-/m0/s1. The molecule has 0 heterocycles. The first-order chi connectivity index (χ1) is 7.42. The second-order valence-corrected chi connectivity index (χ2v) is 3.50. The van der Waals surface area contributed by atoms with Gasteiger partial charge < -0.3 is 21.3 Å². The Kier molecular flexibility index (Phi) is 6.50. The lowest BCUT2D eigenvalue weighted by molar-refractivity contribution is -0.144. The van der Waals surface area contributed by atoms with Gasteiger partial charge in [0.25, 0.3) is 0 Å². The number of carbonyl (C=O) groups is 3. The summed E-state index contributed by atoms with van der Waals surface area (Å²) in [6, 6.07) is -1.38. The molecule has 1 unspecified atom stereocenters. The van der Waals surface area contributed by atoms with Crippen molar-refractivity contribution >= 4 is 30.4 Å².